The van der Waals surface area contributed by atoms with Gasteiger partial charge in [0.05, 0.1) is 17.4 Å². The van der Waals surface area contributed by atoms with Gasteiger partial charge in [-0.3, -0.25) is 14.9 Å². The maximum atomic E-state index is 13.1. The van der Waals surface area contributed by atoms with Crippen LogP contribution >= 0.6 is 0 Å². The Morgan fingerprint density at radius 2 is 1.60 bits per heavy atom. The zero-order chi connectivity index (χ0) is 29.1. The minimum absolute atomic E-state index is 0.0244. The normalized spacial score (nSPS) is 13.2. The molecule has 0 spiro atoms. The highest BCUT2D eigenvalue weighted by Crippen LogP contribution is 2.25. The van der Waals surface area contributed by atoms with E-state index < -0.39 is 11.8 Å². The molecule has 0 bridgehead atoms. The summed E-state index contributed by atoms with van der Waals surface area (Å²) in [6, 6.07) is 22.5. The first kappa shape index (κ1) is 26.6. The van der Waals surface area contributed by atoms with Gasteiger partial charge in [-0.2, -0.15) is 0 Å². The number of nitrogens with zero attached hydrogens (tertiary/aromatic N) is 4. The Bertz CT molecular complexity index is 1720. The van der Waals surface area contributed by atoms with Gasteiger partial charge in [-0.1, -0.05) is 30.3 Å². The zero-order valence-electron chi connectivity index (χ0n) is 22.8. The first-order chi connectivity index (χ1) is 20.4. The number of hydrogen-bond donors (Lipinski definition) is 5. The fourth-order valence-corrected chi connectivity index (χ4v) is 4.88. The van der Waals surface area contributed by atoms with Crippen LogP contribution in [0.1, 0.15) is 26.5 Å². The fourth-order valence-electron chi connectivity index (χ4n) is 4.88. The number of aryl methyl sites for hydroxylation is 1. The molecule has 0 atom stereocenters. The molecular formula is C30H29N9O3. The van der Waals surface area contributed by atoms with E-state index >= 15 is 0 Å². The molecule has 212 valence electrons. The van der Waals surface area contributed by atoms with Crippen LogP contribution in [0.25, 0.3) is 11.0 Å². The van der Waals surface area contributed by atoms with Gasteiger partial charge in [0.2, 0.25) is 5.95 Å². The molecule has 0 saturated carbocycles. The van der Waals surface area contributed by atoms with Crippen LogP contribution in [-0.4, -0.2) is 68.9 Å². The summed E-state index contributed by atoms with van der Waals surface area (Å²) < 4.78 is 0. The van der Waals surface area contributed by atoms with Crippen molar-refractivity contribution in [3.05, 3.63) is 96.1 Å². The van der Waals surface area contributed by atoms with Crippen molar-refractivity contribution in [1.29, 1.82) is 0 Å². The second-order valence-corrected chi connectivity index (χ2v) is 9.91. The third kappa shape index (κ3) is 5.63. The minimum atomic E-state index is -0.541. The number of nitrogens with one attached hydrogen (secondary N) is 5. The van der Waals surface area contributed by atoms with E-state index in [1.165, 1.54) is 6.33 Å². The molecule has 2 aromatic heterocycles. The maximum absolute atomic E-state index is 13.1. The van der Waals surface area contributed by atoms with Crippen LogP contribution in [0.3, 0.4) is 0 Å². The van der Waals surface area contributed by atoms with E-state index in [9.17, 15) is 14.4 Å². The number of benzene rings is 3. The lowest BCUT2D eigenvalue weighted by atomic mass is 10.1. The monoisotopic (exact) mass is 563 g/mol. The van der Waals surface area contributed by atoms with Gasteiger partial charge >= 0.3 is 6.03 Å². The number of anilines is 4. The van der Waals surface area contributed by atoms with Crippen molar-refractivity contribution in [1.82, 2.24) is 24.8 Å². The number of para-hydroxylation sites is 3. The standard InChI is InChI=1S/C30H29N9O3/c1-19-17-21(38-13-15-39(16-14-38)30(42)33-20-7-3-2-4-8-20)11-12-22(19)34-27(40)25-26(32-18-31-25)28(41)37-29-35-23-9-5-6-10-24(23)36-29/h2-12,17-18H,13-16H2,1H3,(H,31,32)(H,33,42)(H,34,40)(H2,35,36,37,41). The zero-order valence-corrected chi connectivity index (χ0v) is 22.8. The van der Waals surface area contributed by atoms with Gasteiger partial charge in [0.25, 0.3) is 11.8 Å². The van der Waals surface area contributed by atoms with Crippen molar-refractivity contribution in [3.63, 3.8) is 0 Å². The minimum Gasteiger partial charge on any atom is -0.368 e. The van der Waals surface area contributed by atoms with Gasteiger partial charge < -0.3 is 30.4 Å². The van der Waals surface area contributed by atoms with E-state index in [1.807, 2.05) is 79.7 Å². The van der Waals surface area contributed by atoms with Crippen LogP contribution < -0.4 is 20.9 Å². The summed E-state index contributed by atoms with van der Waals surface area (Å²) in [5.41, 5.74) is 4.72. The average molecular weight is 564 g/mol. The highest BCUT2D eigenvalue weighted by atomic mass is 16.2. The predicted octanol–water partition coefficient (Wildman–Crippen LogP) is 4.45. The number of carbonyl (C=O) groups is 3. The molecule has 42 heavy (non-hydrogen) atoms. The van der Waals surface area contributed by atoms with E-state index in [-0.39, 0.29) is 23.4 Å². The summed E-state index contributed by atoms with van der Waals surface area (Å²) in [6.45, 7) is 4.46. The maximum Gasteiger partial charge on any atom is 0.321 e. The molecule has 1 aliphatic rings. The number of aromatic amines is 2. The number of hydrogen-bond acceptors (Lipinski definition) is 6. The molecule has 12 heteroatoms. The highest BCUT2D eigenvalue weighted by Gasteiger charge is 2.24. The van der Waals surface area contributed by atoms with Crippen molar-refractivity contribution >= 4 is 51.9 Å². The van der Waals surface area contributed by atoms with Crippen molar-refractivity contribution in [3.8, 4) is 0 Å². The molecule has 3 aromatic carbocycles. The molecule has 4 amide bonds. The second-order valence-electron chi connectivity index (χ2n) is 9.91. The Balaban J connectivity index is 1.06. The summed E-state index contributed by atoms with van der Waals surface area (Å²) in [4.78, 5) is 56.9. The summed E-state index contributed by atoms with van der Waals surface area (Å²) in [5.74, 6) is -0.786. The number of imidazole rings is 2. The van der Waals surface area contributed by atoms with Crippen molar-refractivity contribution < 1.29 is 14.4 Å². The lowest BCUT2D eigenvalue weighted by Gasteiger charge is -2.36. The van der Waals surface area contributed by atoms with Crippen LogP contribution in [-0.2, 0) is 0 Å². The smallest absolute Gasteiger partial charge is 0.321 e. The number of aromatic nitrogens is 4. The van der Waals surface area contributed by atoms with E-state index in [0.717, 1.165) is 22.5 Å². The summed E-state index contributed by atoms with van der Waals surface area (Å²) >= 11 is 0. The summed E-state index contributed by atoms with van der Waals surface area (Å²) in [6.07, 6.45) is 1.30. The van der Waals surface area contributed by atoms with Gasteiger partial charge in [-0.05, 0) is 55.0 Å². The van der Waals surface area contributed by atoms with Crippen LogP contribution in [0.15, 0.2) is 79.1 Å². The molecule has 0 aliphatic carbocycles. The van der Waals surface area contributed by atoms with E-state index in [2.05, 4.69) is 40.8 Å². The van der Waals surface area contributed by atoms with Gasteiger partial charge in [-0.25, -0.2) is 14.8 Å². The average Bonchev–Trinajstić information content (AvgIpc) is 3.66. The number of piperazine rings is 1. The number of fused-ring (bicyclic) bond motifs is 1. The predicted molar refractivity (Wildman–Crippen MR) is 161 cm³/mol. The molecule has 6 rings (SSSR count). The summed E-state index contributed by atoms with van der Waals surface area (Å²) in [7, 11) is 0. The Morgan fingerprint density at radius 3 is 2.36 bits per heavy atom. The molecule has 3 heterocycles. The van der Waals surface area contributed by atoms with Crippen LogP contribution in [0.2, 0.25) is 0 Å². The molecule has 1 fully saturated rings. The molecule has 0 unspecified atom stereocenters. The van der Waals surface area contributed by atoms with Crippen LogP contribution in [0.4, 0.5) is 27.8 Å². The molecule has 1 saturated heterocycles. The number of amides is 4. The molecule has 5 N–H and O–H groups in total. The number of H-pyrrole nitrogens is 2. The first-order valence-corrected chi connectivity index (χ1v) is 13.5. The topological polar surface area (TPSA) is 151 Å². The second kappa shape index (κ2) is 11.5. The lowest BCUT2D eigenvalue weighted by molar-refractivity contribution is 0.0985. The van der Waals surface area contributed by atoms with Gasteiger partial charge in [-0.15, -0.1) is 0 Å². The number of urea groups is 1. The SMILES string of the molecule is Cc1cc(N2CCN(C(=O)Nc3ccccc3)CC2)ccc1NC(=O)c1nc[nH]c1C(=O)Nc1nc2ccccc2[nH]1. The molecule has 0 radical (unpaired) electrons. The Hall–Kier alpha value is -5.65. The van der Waals surface area contributed by atoms with Crippen LogP contribution in [0, 0.1) is 6.92 Å². The Morgan fingerprint density at radius 1 is 0.833 bits per heavy atom. The fraction of sp³-hybridized carbons (Fsp3) is 0.167. The molecular weight excluding hydrogens is 534 g/mol. The van der Waals surface area contributed by atoms with E-state index in [1.54, 1.807) is 4.90 Å². The lowest BCUT2D eigenvalue weighted by Crippen LogP contribution is -2.50. The Labute approximate surface area is 241 Å². The van der Waals surface area contributed by atoms with Crippen molar-refractivity contribution in [2.24, 2.45) is 0 Å². The number of rotatable bonds is 6. The molecule has 5 aromatic rings. The van der Waals surface area contributed by atoms with Crippen molar-refractivity contribution in [2.45, 2.75) is 6.92 Å². The third-order valence-corrected chi connectivity index (χ3v) is 7.12. The largest absolute Gasteiger partial charge is 0.368 e. The van der Waals surface area contributed by atoms with Crippen LogP contribution in [0.5, 0.6) is 0 Å². The quantitative estimate of drug-likeness (QED) is 0.206. The third-order valence-electron chi connectivity index (χ3n) is 7.12. The summed E-state index contributed by atoms with van der Waals surface area (Å²) in [5, 5.41) is 8.48. The first-order valence-electron chi connectivity index (χ1n) is 13.5. The van der Waals surface area contributed by atoms with Gasteiger partial charge in [0, 0.05) is 43.2 Å². The van der Waals surface area contributed by atoms with Gasteiger partial charge in [0.1, 0.15) is 5.69 Å². The molecule has 12 nitrogen and oxygen atoms in total. The van der Waals surface area contributed by atoms with Gasteiger partial charge in [0.15, 0.2) is 5.69 Å². The highest BCUT2D eigenvalue weighted by molar-refractivity contribution is 6.13. The van der Waals surface area contributed by atoms with E-state index in [0.29, 0.717) is 37.4 Å². The molecule has 1 aliphatic heterocycles. The van der Waals surface area contributed by atoms with E-state index in [4.69, 9.17) is 0 Å². The van der Waals surface area contributed by atoms with Crippen molar-refractivity contribution in [2.75, 3.05) is 47.0 Å². The number of carbonyl (C=O) groups excluding carboxylic acids is 3. The Kier molecular flexibility index (Phi) is 7.24.